The maximum atomic E-state index is 13.3. The molecule has 4 rings (SSSR count). The molecule has 2 aromatic heterocycles. The molecule has 9 heteroatoms. The molecule has 0 atom stereocenters. The number of nitrogens with one attached hydrogen (secondary N) is 1. The second-order valence-electron chi connectivity index (χ2n) is 9.78. The summed E-state index contributed by atoms with van der Waals surface area (Å²) in [6.07, 6.45) is 2.13. The molecular formula is C25H33N5O3S. The second kappa shape index (κ2) is 9.37. The minimum absolute atomic E-state index is 0.213. The molecule has 0 unspecified atom stereocenters. The zero-order valence-corrected chi connectivity index (χ0v) is 21.6. The van der Waals surface area contributed by atoms with Gasteiger partial charge in [-0.2, -0.15) is 0 Å². The van der Waals surface area contributed by atoms with Crippen LogP contribution in [0.4, 0.5) is 10.8 Å². The van der Waals surface area contributed by atoms with E-state index >= 15 is 0 Å². The van der Waals surface area contributed by atoms with E-state index in [0.29, 0.717) is 10.6 Å². The Morgan fingerprint density at radius 3 is 2.35 bits per heavy atom. The zero-order valence-electron chi connectivity index (χ0n) is 20.8. The van der Waals surface area contributed by atoms with Crippen LogP contribution in [0.3, 0.4) is 0 Å². The van der Waals surface area contributed by atoms with Crippen molar-refractivity contribution in [1.29, 1.82) is 0 Å². The number of benzene rings is 1. The molecular weight excluding hydrogens is 450 g/mol. The first-order valence-electron chi connectivity index (χ1n) is 11.8. The summed E-state index contributed by atoms with van der Waals surface area (Å²) in [5.41, 5.74) is 3.24. The smallest absolute Gasteiger partial charge is 0.333 e. The Bertz CT molecular complexity index is 1340. The van der Waals surface area contributed by atoms with E-state index in [1.165, 1.54) is 20.5 Å². The number of thiazole rings is 1. The van der Waals surface area contributed by atoms with Gasteiger partial charge < -0.3 is 10.2 Å². The van der Waals surface area contributed by atoms with Gasteiger partial charge in [-0.05, 0) is 64.5 Å². The lowest BCUT2D eigenvalue weighted by molar-refractivity contribution is -0.116. The van der Waals surface area contributed by atoms with Gasteiger partial charge in [0.1, 0.15) is 11.2 Å². The van der Waals surface area contributed by atoms with E-state index in [-0.39, 0.29) is 29.7 Å². The number of hydrogen-bond donors (Lipinski definition) is 1. The number of nitrogens with zero attached hydrogens (tertiary/aromatic N) is 4. The SMILES string of the molecule is Cc1cc(C)c(NC(=O)Cn2c(=O)n(C(C)C)c(=O)c3sc(N4CCC(C)CC4)nc32)c(C)c1. The number of anilines is 2. The fourth-order valence-electron chi connectivity index (χ4n) is 4.67. The summed E-state index contributed by atoms with van der Waals surface area (Å²) in [7, 11) is 0. The van der Waals surface area contributed by atoms with Crippen LogP contribution in [-0.4, -0.2) is 33.1 Å². The lowest BCUT2D eigenvalue weighted by Gasteiger charge is -2.29. The van der Waals surface area contributed by atoms with Crippen molar-refractivity contribution in [2.75, 3.05) is 23.3 Å². The molecule has 3 heterocycles. The van der Waals surface area contributed by atoms with Crippen LogP contribution >= 0.6 is 11.3 Å². The van der Waals surface area contributed by atoms with Crippen LogP contribution in [0.5, 0.6) is 0 Å². The van der Waals surface area contributed by atoms with Crippen LogP contribution in [0, 0.1) is 26.7 Å². The van der Waals surface area contributed by atoms with Gasteiger partial charge in [0.25, 0.3) is 5.56 Å². The summed E-state index contributed by atoms with van der Waals surface area (Å²) in [5.74, 6) is 0.341. The molecule has 182 valence electrons. The fourth-order valence-corrected chi connectivity index (χ4v) is 5.73. The van der Waals surface area contributed by atoms with Crippen LogP contribution in [0.2, 0.25) is 0 Å². The van der Waals surface area contributed by atoms with Gasteiger partial charge in [-0.3, -0.25) is 18.7 Å². The fraction of sp³-hybridized carbons (Fsp3) is 0.520. The molecule has 8 nitrogen and oxygen atoms in total. The van der Waals surface area contributed by atoms with E-state index in [1.807, 2.05) is 32.9 Å². The third-order valence-electron chi connectivity index (χ3n) is 6.52. The van der Waals surface area contributed by atoms with Crippen molar-refractivity contribution < 1.29 is 4.79 Å². The summed E-state index contributed by atoms with van der Waals surface area (Å²) >= 11 is 1.31. The Morgan fingerprint density at radius 1 is 1.15 bits per heavy atom. The molecule has 1 aliphatic rings. The third-order valence-corrected chi connectivity index (χ3v) is 7.61. The van der Waals surface area contributed by atoms with Gasteiger partial charge in [0.2, 0.25) is 5.91 Å². The summed E-state index contributed by atoms with van der Waals surface area (Å²) in [6, 6.07) is 3.69. The van der Waals surface area contributed by atoms with Gasteiger partial charge in [0.05, 0.1) is 0 Å². The van der Waals surface area contributed by atoms with Crippen LogP contribution in [-0.2, 0) is 11.3 Å². The third kappa shape index (κ3) is 4.53. The average Bonchev–Trinajstić information content (AvgIpc) is 3.20. The van der Waals surface area contributed by atoms with Crippen molar-refractivity contribution in [2.45, 2.75) is 67.0 Å². The maximum absolute atomic E-state index is 13.3. The maximum Gasteiger partial charge on any atom is 0.333 e. The highest BCUT2D eigenvalue weighted by Crippen LogP contribution is 2.30. The number of aromatic nitrogens is 3. The van der Waals surface area contributed by atoms with E-state index in [0.717, 1.165) is 53.4 Å². The quantitative estimate of drug-likeness (QED) is 0.593. The first kappa shape index (κ1) is 24.2. The number of rotatable bonds is 5. The number of aryl methyl sites for hydroxylation is 3. The number of carbonyl (C=O) groups is 1. The van der Waals surface area contributed by atoms with E-state index in [2.05, 4.69) is 17.1 Å². The molecule has 1 saturated heterocycles. The molecule has 0 radical (unpaired) electrons. The summed E-state index contributed by atoms with van der Waals surface area (Å²) in [5, 5.41) is 3.70. The Balaban J connectivity index is 1.75. The van der Waals surface area contributed by atoms with Gasteiger partial charge in [0, 0.05) is 24.8 Å². The number of amides is 1. The Morgan fingerprint density at radius 2 is 1.76 bits per heavy atom. The molecule has 1 aliphatic heterocycles. The summed E-state index contributed by atoms with van der Waals surface area (Å²) in [4.78, 5) is 46.5. The van der Waals surface area contributed by atoms with E-state index in [1.54, 1.807) is 13.8 Å². The van der Waals surface area contributed by atoms with E-state index in [4.69, 9.17) is 4.98 Å². The van der Waals surface area contributed by atoms with Crippen LogP contribution in [0.25, 0.3) is 10.3 Å². The largest absolute Gasteiger partial charge is 0.348 e. The standard InChI is InChI=1S/C25H33N5O3S/c1-14(2)30-23(32)21-22(27-24(34-21)28-9-7-15(3)8-10-28)29(25(30)33)13-19(31)26-20-17(5)11-16(4)12-18(20)6/h11-12,14-15H,7-10,13H2,1-6H3,(H,26,31). The minimum atomic E-state index is -0.510. The van der Waals surface area contributed by atoms with Crippen molar-refractivity contribution in [3.05, 3.63) is 49.7 Å². The highest BCUT2D eigenvalue weighted by molar-refractivity contribution is 7.22. The predicted octanol–water partition coefficient (Wildman–Crippen LogP) is 4.00. The first-order valence-corrected chi connectivity index (χ1v) is 12.7. The van der Waals surface area contributed by atoms with Crippen molar-refractivity contribution in [2.24, 2.45) is 5.92 Å². The van der Waals surface area contributed by atoms with E-state index < -0.39 is 5.69 Å². The zero-order chi connectivity index (χ0) is 24.7. The molecule has 1 N–H and O–H groups in total. The molecule has 3 aromatic rings. The van der Waals surface area contributed by atoms with Gasteiger partial charge in [0.15, 0.2) is 10.8 Å². The van der Waals surface area contributed by atoms with Gasteiger partial charge in [-0.15, -0.1) is 0 Å². The van der Waals surface area contributed by atoms with Gasteiger partial charge in [-0.25, -0.2) is 9.78 Å². The normalized spacial score (nSPS) is 14.9. The van der Waals surface area contributed by atoms with Crippen molar-refractivity contribution >= 4 is 38.4 Å². The van der Waals surface area contributed by atoms with Crippen LogP contribution in [0.15, 0.2) is 21.7 Å². The van der Waals surface area contributed by atoms with Gasteiger partial charge >= 0.3 is 5.69 Å². The average molecular weight is 484 g/mol. The topological polar surface area (TPSA) is 89.2 Å². The van der Waals surface area contributed by atoms with Crippen molar-refractivity contribution in [3.63, 3.8) is 0 Å². The molecule has 1 fully saturated rings. The predicted molar refractivity (Wildman–Crippen MR) is 138 cm³/mol. The number of carbonyl (C=O) groups excluding carboxylic acids is 1. The monoisotopic (exact) mass is 483 g/mol. The number of piperidine rings is 1. The first-order chi connectivity index (χ1) is 16.1. The van der Waals surface area contributed by atoms with Crippen molar-refractivity contribution in [3.8, 4) is 0 Å². The summed E-state index contributed by atoms with van der Waals surface area (Å²) < 4.78 is 2.98. The molecule has 0 spiro atoms. The molecule has 1 amide bonds. The highest BCUT2D eigenvalue weighted by Gasteiger charge is 2.24. The highest BCUT2D eigenvalue weighted by atomic mass is 32.1. The van der Waals surface area contributed by atoms with Gasteiger partial charge in [-0.1, -0.05) is 36.0 Å². The second-order valence-corrected chi connectivity index (χ2v) is 10.8. The molecule has 1 aromatic carbocycles. The Labute approximate surface area is 203 Å². The lowest BCUT2D eigenvalue weighted by Crippen LogP contribution is -2.42. The lowest BCUT2D eigenvalue weighted by atomic mass is 10.00. The molecule has 0 aliphatic carbocycles. The van der Waals surface area contributed by atoms with E-state index in [9.17, 15) is 14.4 Å². The Kier molecular flexibility index (Phi) is 6.66. The number of hydrogen-bond acceptors (Lipinski definition) is 6. The molecule has 0 bridgehead atoms. The molecule has 0 saturated carbocycles. The summed E-state index contributed by atoms with van der Waals surface area (Å²) in [6.45, 7) is 13.3. The minimum Gasteiger partial charge on any atom is -0.348 e. The van der Waals surface area contributed by atoms with Crippen molar-refractivity contribution in [1.82, 2.24) is 14.1 Å². The number of fused-ring (bicyclic) bond motifs is 1. The van der Waals surface area contributed by atoms with Crippen LogP contribution in [0.1, 0.15) is 56.3 Å². The Hall–Kier alpha value is -2.94. The molecule has 34 heavy (non-hydrogen) atoms. The van der Waals surface area contributed by atoms with Crippen LogP contribution < -0.4 is 21.5 Å².